The van der Waals surface area contributed by atoms with Gasteiger partial charge in [0.2, 0.25) is 0 Å². The first kappa shape index (κ1) is 13.1. The third-order valence-corrected chi connectivity index (χ3v) is 1.60. The van der Waals surface area contributed by atoms with Gasteiger partial charge in [0, 0.05) is 5.11 Å². The smallest absolute Gasteiger partial charge is 0.267 e. The van der Waals surface area contributed by atoms with Crippen molar-refractivity contribution in [3.63, 3.8) is 0 Å². The number of rotatable bonds is 6. The zero-order valence-corrected chi connectivity index (χ0v) is 8.69. The van der Waals surface area contributed by atoms with Crippen molar-refractivity contribution in [2.75, 3.05) is 12.4 Å². The van der Waals surface area contributed by atoms with Gasteiger partial charge in [-0.1, -0.05) is 0 Å². The molecular formula is C5H13N3O5S. The van der Waals surface area contributed by atoms with Crippen LogP contribution in [-0.2, 0) is 15.0 Å². The summed E-state index contributed by atoms with van der Waals surface area (Å²) >= 11 is 0. The summed E-state index contributed by atoms with van der Waals surface area (Å²) in [6.45, 7) is 3.03. The van der Waals surface area contributed by atoms with Crippen LogP contribution >= 0.6 is 0 Å². The van der Waals surface area contributed by atoms with Crippen LogP contribution in [0.5, 0.6) is 0 Å². The predicted octanol–water partition coefficient (Wildman–Crippen LogP) is -0.319. The van der Waals surface area contributed by atoms with E-state index in [1.165, 1.54) is 0 Å². The normalized spacial score (nSPS) is 13.3. The van der Waals surface area contributed by atoms with Crippen molar-refractivity contribution in [3.05, 3.63) is 5.21 Å². The van der Waals surface area contributed by atoms with Gasteiger partial charge in [0.25, 0.3) is 10.1 Å². The van der Waals surface area contributed by atoms with Gasteiger partial charge in [0.1, 0.15) is 11.8 Å². The van der Waals surface area contributed by atoms with Crippen LogP contribution in [0.15, 0.2) is 5.11 Å². The van der Waals surface area contributed by atoms with Crippen LogP contribution in [0.1, 0.15) is 13.8 Å². The minimum atomic E-state index is -4.06. The van der Waals surface area contributed by atoms with E-state index < -0.39 is 15.9 Å². The average Bonchev–Trinajstić information content (AvgIpc) is 1.95. The Morgan fingerprint density at radius 3 is 2.64 bits per heavy atom. The van der Waals surface area contributed by atoms with Crippen molar-refractivity contribution in [2.24, 2.45) is 5.11 Å². The molecule has 14 heavy (non-hydrogen) atoms. The van der Waals surface area contributed by atoms with Crippen LogP contribution in [0.3, 0.4) is 0 Å². The summed E-state index contributed by atoms with van der Waals surface area (Å²) < 4.78 is 28.7. The molecule has 0 atom stereocenters. The minimum absolute atomic E-state index is 0.0780. The molecule has 0 unspecified atom stereocenters. The molecule has 0 aromatic heterocycles. The molecule has 0 aliphatic rings. The molecule has 8 nitrogen and oxygen atoms in total. The van der Waals surface area contributed by atoms with Gasteiger partial charge in [-0.05, 0) is 19.4 Å². The topological polar surface area (TPSA) is 114 Å². The van der Waals surface area contributed by atoms with Crippen LogP contribution in [0.2, 0.25) is 0 Å². The average molecular weight is 227 g/mol. The summed E-state index contributed by atoms with van der Waals surface area (Å²) in [7, 11) is -4.06. The molecule has 0 radical (unpaired) electrons. The highest BCUT2D eigenvalue weighted by molar-refractivity contribution is 7.85. The second-order valence-corrected chi connectivity index (χ2v) is 4.28. The monoisotopic (exact) mass is 227 g/mol. The lowest BCUT2D eigenvalue weighted by atomic mass is 10.4. The first-order valence-electron chi connectivity index (χ1n) is 3.82. The third kappa shape index (κ3) is 9.16. The lowest BCUT2D eigenvalue weighted by molar-refractivity contribution is -0.646. The SMILES string of the molecule is CC(C)N=[N+]([O-])NOCCS(=O)(=O)O. The molecule has 0 aromatic carbocycles. The molecule has 0 fully saturated rings. The number of nitrogens with zero attached hydrogens (tertiary/aromatic N) is 2. The van der Waals surface area contributed by atoms with Crippen LogP contribution in [-0.4, -0.2) is 36.3 Å². The zero-order valence-electron chi connectivity index (χ0n) is 7.87. The fourth-order valence-electron chi connectivity index (χ4n) is 0.481. The molecule has 9 heteroatoms. The predicted molar refractivity (Wildman–Crippen MR) is 46.7 cm³/mol. The quantitative estimate of drug-likeness (QED) is 0.211. The number of hydrogen-bond donors (Lipinski definition) is 2. The Morgan fingerprint density at radius 2 is 2.21 bits per heavy atom. The maximum Gasteiger partial charge on any atom is 0.267 e. The van der Waals surface area contributed by atoms with E-state index in [1.54, 1.807) is 13.8 Å². The largest absolute Gasteiger partial charge is 0.570 e. The van der Waals surface area contributed by atoms with Crippen molar-refractivity contribution in [3.8, 4) is 0 Å². The summed E-state index contributed by atoms with van der Waals surface area (Å²) in [5.41, 5.74) is 1.82. The molecule has 0 saturated carbocycles. The lowest BCUT2D eigenvalue weighted by Crippen LogP contribution is -2.26. The molecule has 0 amide bonds. The van der Waals surface area contributed by atoms with E-state index >= 15 is 0 Å². The fourth-order valence-corrected chi connectivity index (χ4v) is 0.775. The molecule has 0 aliphatic heterocycles. The van der Waals surface area contributed by atoms with E-state index in [0.717, 1.165) is 0 Å². The van der Waals surface area contributed by atoms with Crippen LogP contribution in [0.4, 0.5) is 0 Å². The first-order valence-corrected chi connectivity index (χ1v) is 5.43. The maximum absolute atomic E-state index is 10.7. The fraction of sp³-hybridized carbons (Fsp3) is 1.00. The minimum Gasteiger partial charge on any atom is -0.570 e. The summed E-state index contributed by atoms with van der Waals surface area (Å²) in [4.78, 5) is 4.48. The zero-order chi connectivity index (χ0) is 11.2. The highest BCUT2D eigenvalue weighted by atomic mass is 32.2. The van der Waals surface area contributed by atoms with Gasteiger partial charge in [-0.3, -0.25) is 4.55 Å². The number of nitrogens with one attached hydrogen (secondary N) is 1. The molecule has 0 aliphatic carbocycles. The van der Waals surface area contributed by atoms with Gasteiger partial charge in [0.05, 0.1) is 11.6 Å². The molecule has 0 heterocycles. The van der Waals surface area contributed by atoms with E-state index in [9.17, 15) is 13.6 Å². The van der Waals surface area contributed by atoms with Gasteiger partial charge < -0.3 is 5.21 Å². The molecule has 0 rings (SSSR count). The standard InChI is InChI=1S/C5H13N3O5S/c1-5(2)6-8(9)7-13-3-4-14(10,11)12/h5H,3-4H2,1-2H3,(H,6,7)(H,10,11,12). The van der Waals surface area contributed by atoms with Crippen molar-refractivity contribution in [1.29, 1.82) is 0 Å². The van der Waals surface area contributed by atoms with E-state index in [2.05, 4.69) is 9.95 Å². The van der Waals surface area contributed by atoms with E-state index in [1.807, 2.05) is 5.59 Å². The van der Waals surface area contributed by atoms with Gasteiger partial charge in [0.15, 0.2) is 0 Å². The molecule has 2 N–H and O–H groups in total. The maximum atomic E-state index is 10.7. The van der Waals surface area contributed by atoms with Crippen molar-refractivity contribution >= 4 is 10.1 Å². The second kappa shape index (κ2) is 5.73. The molecule has 0 spiro atoms. The lowest BCUT2D eigenvalue weighted by Gasteiger charge is -2.02. The van der Waals surface area contributed by atoms with Gasteiger partial charge in [-0.2, -0.15) is 8.42 Å². The Bertz CT molecular complexity index is 286. The van der Waals surface area contributed by atoms with Crippen molar-refractivity contribution in [1.82, 2.24) is 5.59 Å². The van der Waals surface area contributed by atoms with E-state index in [0.29, 0.717) is 0 Å². The van der Waals surface area contributed by atoms with E-state index in [-0.39, 0.29) is 17.6 Å². The molecule has 0 bridgehead atoms. The van der Waals surface area contributed by atoms with Gasteiger partial charge in [-0.25, -0.2) is 4.84 Å². The molecule has 0 saturated heterocycles. The Labute approximate surface area is 81.8 Å². The summed E-state index contributed by atoms with van der Waals surface area (Å²) in [6, 6.07) is -0.204. The highest BCUT2D eigenvalue weighted by Crippen LogP contribution is 1.86. The molecular weight excluding hydrogens is 214 g/mol. The highest BCUT2D eigenvalue weighted by Gasteiger charge is 2.05. The molecule has 0 aromatic rings. The van der Waals surface area contributed by atoms with Crippen molar-refractivity contribution < 1.29 is 22.8 Å². The summed E-state index contributed by atoms with van der Waals surface area (Å²) in [5, 5.41) is 14.1. The summed E-state index contributed by atoms with van der Waals surface area (Å²) in [5.74, 6) is -0.588. The van der Waals surface area contributed by atoms with Crippen LogP contribution < -0.4 is 5.59 Å². The van der Waals surface area contributed by atoms with Crippen LogP contribution in [0, 0.1) is 5.21 Å². The van der Waals surface area contributed by atoms with Crippen LogP contribution in [0.25, 0.3) is 0 Å². The molecule has 84 valence electrons. The Morgan fingerprint density at radius 1 is 1.64 bits per heavy atom. The van der Waals surface area contributed by atoms with Gasteiger partial charge >= 0.3 is 0 Å². The number of hydrogen-bond acceptors (Lipinski definition) is 5. The Hall–Kier alpha value is -0.930. The first-order chi connectivity index (χ1) is 6.31. The Balaban J connectivity index is 3.66. The van der Waals surface area contributed by atoms with Gasteiger partial charge in [-0.15, -0.1) is 0 Å². The summed E-state index contributed by atoms with van der Waals surface area (Å²) in [6.07, 6.45) is 0. The Kier molecular flexibility index (Phi) is 5.35. The van der Waals surface area contributed by atoms with E-state index in [4.69, 9.17) is 4.55 Å². The second-order valence-electron chi connectivity index (χ2n) is 2.71. The van der Waals surface area contributed by atoms with Crippen molar-refractivity contribution in [2.45, 2.75) is 19.9 Å². The number of hydrazine groups is 1. The third-order valence-electron chi connectivity index (χ3n) is 0.922.